The highest BCUT2D eigenvalue weighted by Gasteiger charge is 2.11. The molecular formula is C12H16N2O. The van der Waals surface area contributed by atoms with Crippen LogP contribution in [0.5, 0.6) is 0 Å². The first-order valence-corrected chi connectivity index (χ1v) is 5.16. The van der Waals surface area contributed by atoms with Gasteiger partial charge in [0, 0.05) is 12.0 Å². The van der Waals surface area contributed by atoms with E-state index < -0.39 is 0 Å². The summed E-state index contributed by atoms with van der Waals surface area (Å²) in [6.07, 6.45) is 3.71. The van der Waals surface area contributed by atoms with Crippen LogP contribution in [-0.2, 0) is 6.42 Å². The van der Waals surface area contributed by atoms with Crippen LogP contribution < -0.4 is 0 Å². The third-order valence-corrected chi connectivity index (χ3v) is 2.20. The Kier molecular flexibility index (Phi) is 4.16. The van der Waals surface area contributed by atoms with Gasteiger partial charge >= 0.3 is 0 Å². The lowest BCUT2D eigenvalue weighted by atomic mass is 10.0. The molecule has 1 heterocycles. The Balaban J connectivity index is 2.94. The lowest BCUT2D eigenvalue weighted by molar-refractivity contribution is 0.0982. The molecule has 0 bridgehead atoms. The average Bonchev–Trinajstić information content (AvgIpc) is 2.25. The molecule has 0 N–H and O–H groups in total. The summed E-state index contributed by atoms with van der Waals surface area (Å²) in [7, 11) is 0. The number of Topliss-reactive ketones (excluding diaryl/α,β-unsaturated/α-hetero) is 1. The van der Waals surface area contributed by atoms with Gasteiger partial charge in [-0.15, -0.1) is 6.58 Å². The van der Waals surface area contributed by atoms with Gasteiger partial charge in [0.15, 0.2) is 5.78 Å². The summed E-state index contributed by atoms with van der Waals surface area (Å²) in [5.74, 6) is 0.129. The Morgan fingerprint density at radius 2 is 2.27 bits per heavy atom. The largest absolute Gasteiger partial charge is 0.294 e. The van der Waals surface area contributed by atoms with E-state index in [0.29, 0.717) is 18.4 Å². The number of hydrogen-bond acceptors (Lipinski definition) is 3. The maximum Gasteiger partial charge on any atom is 0.165 e. The maximum absolute atomic E-state index is 11.8. The average molecular weight is 204 g/mol. The van der Waals surface area contributed by atoms with Crippen LogP contribution in [0.4, 0.5) is 0 Å². The van der Waals surface area contributed by atoms with Crippen molar-refractivity contribution in [3.05, 3.63) is 35.7 Å². The molecule has 0 aliphatic carbocycles. The second-order valence-corrected chi connectivity index (χ2v) is 3.45. The van der Waals surface area contributed by atoms with E-state index in [9.17, 15) is 4.79 Å². The molecule has 0 aromatic carbocycles. The molecule has 0 radical (unpaired) electrons. The topological polar surface area (TPSA) is 42.9 Å². The van der Waals surface area contributed by atoms with E-state index in [1.807, 2.05) is 19.9 Å². The Labute approximate surface area is 90.2 Å². The Morgan fingerprint density at radius 3 is 2.87 bits per heavy atom. The summed E-state index contributed by atoms with van der Waals surface area (Å²) < 4.78 is 0. The van der Waals surface area contributed by atoms with Crippen LogP contribution in [0.1, 0.15) is 41.5 Å². The van der Waals surface area contributed by atoms with Crippen molar-refractivity contribution in [1.82, 2.24) is 10.2 Å². The fourth-order valence-corrected chi connectivity index (χ4v) is 1.38. The van der Waals surface area contributed by atoms with Gasteiger partial charge in [0.1, 0.15) is 0 Å². The minimum atomic E-state index is 0.129. The molecule has 3 heteroatoms. The number of carbonyl (C=O) groups excluding carboxylic acids is 1. The molecular weight excluding hydrogens is 188 g/mol. The molecule has 0 spiro atoms. The summed E-state index contributed by atoms with van der Waals surface area (Å²) in [5.41, 5.74) is 2.29. The molecule has 0 atom stereocenters. The van der Waals surface area contributed by atoms with Crippen molar-refractivity contribution in [2.45, 2.75) is 33.1 Å². The first kappa shape index (κ1) is 11.6. The van der Waals surface area contributed by atoms with Crippen molar-refractivity contribution in [3.8, 4) is 0 Å². The number of ketones is 1. The monoisotopic (exact) mass is 204 g/mol. The molecule has 0 aliphatic rings. The van der Waals surface area contributed by atoms with Gasteiger partial charge in [-0.1, -0.05) is 13.0 Å². The molecule has 1 aromatic rings. The quantitative estimate of drug-likeness (QED) is 0.546. The molecule has 0 fully saturated rings. The van der Waals surface area contributed by atoms with Gasteiger partial charge in [0.25, 0.3) is 0 Å². The fraction of sp³-hybridized carbons (Fsp3) is 0.417. The third kappa shape index (κ3) is 2.98. The lowest BCUT2D eigenvalue weighted by Crippen LogP contribution is -2.07. The number of aromatic nitrogens is 2. The zero-order valence-corrected chi connectivity index (χ0v) is 9.29. The number of aryl methyl sites for hydroxylation is 2. The van der Waals surface area contributed by atoms with E-state index >= 15 is 0 Å². The first-order valence-electron chi connectivity index (χ1n) is 5.16. The summed E-state index contributed by atoms with van der Waals surface area (Å²) in [5, 5.41) is 7.98. The summed E-state index contributed by atoms with van der Waals surface area (Å²) in [6.45, 7) is 7.43. The van der Waals surface area contributed by atoms with Gasteiger partial charge in [-0.25, -0.2) is 0 Å². The van der Waals surface area contributed by atoms with Gasteiger partial charge < -0.3 is 0 Å². The summed E-state index contributed by atoms with van der Waals surface area (Å²) in [4.78, 5) is 11.8. The minimum Gasteiger partial charge on any atom is -0.294 e. The Hall–Kier alpha value is -1.51. The zero-order valence-electron chi connectivity index (χ0n) is 9.29. The molecule has 0 saturated carbocycles. The number of carbonyl (C=O) groups is 1. The van der Waals surface area contributed by atoms with Crippen molar-refractivity contribution in [1.29, 1.82) is 0 Å². The van der Waals surface area contributed by atoms with Crippen LogP contribution in [0.3, 0.4) is 0 Å². The van der Waals surface area contributed by atoms with Crippen LogP contribution in [0, 0.1) is 6.92 Å². The van der Waals surface area contributed by atoms with Gasteiger partial charge in [-0.05, 0) is 25.8 Å². The smallest absolute Gasteiger partial charge is 0.165 e. The predicted molar refractivity (Wildman–Crippen MR) is 59.9 cm³/mol. The van der Waals surface area contributed by atoms with Crippen molar-refractivity contribution in [3.63, 3.8) is 0 Å². The molecule has 3 nitrogen and oxygen atoms in total. The Morgan fingerprint density at radius 1 is 1.53 bits per heavy atom. The molecule has 0 amide bonds. The molecule has 80 valence electrons. The van der Waals surface area contributed by atoms with E-state index in [0.717, 1.165) is 17.8 Å². The van der Waals surface area contributed by atoms with Crippen molar-refractivity contribution in [2.24, 2.45) is 0 Å². The maximum atomic E-state index is 11.8. The van der Waals surface area contributed by atoms with Crippen LogP contribution in [0.25, 0.3) is 0 Å². The zero-order chi connectivity index (χ0) is 11.3. The second-order valence-electron chi connectivity index (χ2n) is 3.45. The molecule has 0 unspecified atom stereocenters. The van der Waals surface area contributed by atoms with E-state index in [4.69, 9.17) is 0 Å². The van der Waals surface area contributed by atoms with E-state index in [-0.39, 0.29) is 5.78 Å². The standard InChI is InChI=1S/C12H16N2O/c1-4-6-7-12(15)10-8-9(3)13-14-11(10)5-2/h4,8H,1,5-7H2,2-3H3. The highest BCUT2D eigenvalue weighted by molar-refractivity contribution is 5.97. The summed E-state index contributed by atoms with van der Waals surface area (Å²) >= 11 is 0. The van der Waals surface area contributed by atoms with Crippen molar-refractivity contribution in [2.75, 3.05) is 0 Å². The number of allylic oxidation sites excluding steroid dienone is 1. The van der Waals surface area contributed by atoms with E-state index in [1.54, 1.807) is 6.08 Å². The van der Waals surface area contributed by atoms with Crippen LogP contribution in [-0.4, -0.2) is 16.0 Å². The second kappa shape index (κ2) is 5.39. The lowest BCUT2D eigenvalue weighted by Gasteiger charge is -2.05. The summed E-state index contributed by atoms with van der Waals surface area (Å²) in [6, 6.07) is 1.82. The highest BCUT2D eigenvalue weighted by atomic mass is 16.1. The van der Waals surface area contributed by atoms with Crippen LogP contribution in [0.2, 0.25) is 0 Å². The number of rotatable bonds is 5. The van der Waals surface area contributed by atoms with Crippen molar-refractivity contribution < 1.29 is 4.79 Å². The van der Waals surface area contributed by atoms with Gasteiger partial charge in [-0.2, -0.15) is 10.2 Å². The first-order chi connectivity index (χ1) is 7.19. The van der Waals surface area contributed by atoms with Crippen LogP contribution in [0.15, 0.2) is 18.7 Å². The van der Waals surface area contributed by atoms with Crippen molar-refractivity contribution >= 4 is 5.78 Å². The third-order valence-electron chi connectivity index (χ3n) is 2.20. The minimum absolute atomic E-state index is 0.129. The van der Waals surface area contributed by atoms with Gasteiger partial charge in [0.2, 0.25) is 0 Å². The van der Waals surface area contributed by atoms with E-state index in [1.165, 1.54) is 0 Å². The molecule has 0 saturated heterocycles. The molecule has 1 rings (SSSR count). The molecule has 15 heavy (non-hydrogen) atoms. The molecule has 0 aliphatic heterocycles. The normalized spacial score (nSPS) is 10.0. The van der Waals surface area contributed by atoms with E-state index in [2.05, 4.69) is 16.8 Å². The molecule has 1 aromatic heterocycles. The Bertz CT molecular complexity index is 372. The van der Waals surface area contributed by atoms with Crippen LogP contribution >= 0.6 is 0 Å². The number of hydrogen-bond donors (Lipinski definition) is 0. The number of nitrogens with zero attached hydrogens (tertiary/aromatic N) is 2. The van der Waals surface area contributed by atoms with Gasteiger partial charge in [0.05, 0.1) is 11.4 Å². The highest BCUT2D eigenvalue weighted by Crippen LogP contribution is 2.11. The predicted octanol–water partition coefficient (Wildman–Crippen LogP) is 2.50. The fourth-order valence-electron chi connectivity index (χ4n) is 1.38. The SMILES string of the molecule is C=CCCC(=O)c1cc(C)nnc1CC. The van der Waals surface area contributed by atoms with Gasteiger partial charge in [-0.3, -0.25) is 4.79 Å².